The average molecular weight is 370 g/mol. The van der Waals surface area contributed by atoms with E-state index in [9.17, 15) is 0 Å². The van der Waals surface area contributed by atoms with E-state index in [2.05, 4.69) is 16.9 Å². The number of hydrogen-bond donors (Lipinski definition) is 0. The van der Waals surface area contributed by atoms with Crippen LogP contribution in [0.1, 0.15) is 11.3 Å². The van der Waals surface area contributed by atoms with Crippen molar-refractivity contribution in [3.63, 3.8) is 0 Å². The maximum Gasteiger partial charge on any atom is 0.227 e. The summed E-state index contributed by atoms with van der Waals surface area (Å²) in [5.74, 6) is 2.70. The second-order valence-electron chi connectivity index (χ2n) is 6.75. The molecule has 0 amide bonds. The molecule has 0 bridgehead atoms. The molecule has 3 heterocycles. The molecule has 2 aromatic heterocycles. The summed E-state index contributed by atoms with van der Waals surface area (Å²) < 4.78 is 17.2. The lowest BCUT2D eigenvalue weighted by molar-refractivity contribution is 0.283. The van der Waals surface area contributed by atoms with Gasteiger partial charge in [0, 0.05) is 17.3 Å². The van der Waals surface area contributed by atoms with Crippen LogP contribution in [0.15, 0.2) is 65.2 Å². The molecule has 0 atom stereocenters. The molecule has 0 N–H and O–H groups in total. The van der Waals surface area contributed by atoms with Crippen molar-refractivity contribution in [2.75, 3.05) is 7.11 Å². The minimum atomic E-state index is 0.354. The van der Waals surface area contributed by atoms with Gasteiger partial charge >= 0.3 is 0 Å². The molecule has 0 unspecified atom stereocenters. The van der Waals surface area contributed by atoms with Crippen LogP contribution in [0.3, 0.4) is 0 Å². The second kappa shape index (κ2) is 6.53. The van der Waals surface area contributed by atoms with Crippen LogP contribution in [0.25, 0.3) is 33.9 Å². The van der Waals surface area contributed by atoms with E-state index in [4.69, 9.17) is 13.9 Å². The van der Waals surface area contributed by atoms with Crippen LogP contribution in [0.4, 0.5) is 0 Å². The highest BCUT2D eigenvalue weighted by Crippen LogP contribution is 2.40. The van der Waals surface area contributed by atoms with Crippen molar-refractivity contribution >= 4 is 0 Å². The normalized spacial score (nSPS) is 12.1. The number of hydrogen-bond acceptors (Lipinski definition) is 5. The maximum atomic E-state index is 6.13. The Balaban J connectivity index is 1.57. The lowest BCUT2D eigenvalue weighted by Crippen LogP contribution is -2.06. The number of aryl methyl sites for hydroxylation is 1. The lowest BCUT2D eigenvalue weighted by Gasteiger charge is -2.15. The van der Waals surface area contributed by atoms with Crippen molar-refractivity contribution in [1.29, 1.82) is 0 Å². The Morgan fingerprint density at radius 3 is 2.43 bits per heavy atom. The van der Waals surface area contributed by atoms with E-state index in [1.165, 1.54) is 5.56 Å². The van der Waals surface area contributed by atoms with Crippen LogP contribution in [0, 0.1) is 6.92 Å². The molecule has 5 heteroatoms. The fourth-order valence-electron chi connectivity index (χ4n) is 3.29. The first-order valence-electron chi connectivity index (χ1n) is 9.05. The summed E-state index contributed by atoms with van der Waals surface area (Å²) in [5, 5.41) is 0. The predicted molar refractivity (Wildman–Crippen MR) is 106 cm³/mol. The van der Waals surface area contributed by atoms with Crippen molar-refractivity contribution < 1.29 is 13.9 Å². The van der Waals surface area contributed by atoms with E-state index in [1.54, 1.807) is 7.11 Å². The summed E-state index contributed by atoms with van der Waals surface area (Å²) in [5.41, 5.74) is 5.77. The molecule has 0 saturated carbocycles. The zero-order valence-electron chi connectivity index (χ0n) is 15.6. The first kappa shape index (κ1) is 16.6. The SMILES string of the molecule is COc1ccc(-c2cnc3c(c2)-c2oc(-c4ccc(C)cc4)nc2CO3)cc1. The molecule has 5 rings (SSSR count). The molecular formula is C23H18N2O3. The Bertz CT molecular complexity index is 1150. The summed E-state index contributed by atoms with van der Waals surface area (Å²) >= 11 is 0. The highest BCUT2D eigenvalue weighted by molar-refractivity contribution is 5.76. The standard InChI is InChI=1S/C23H18N2O3/c1-14-3-5-16(6-4-14)22-25-20-13-27-23-19(21(20)28-22)11-17(12-24-23)15-7-9-18(26-2)10-8-15/h3-12H,13H2,1-2H3. The van der Waals surface area contributed by atoms with E-state index < -0.39 is 0 Å². The van der Waals surface area contributed by atoms with Gasteiger partial charge in [0.25, 0.3) is 0 Å². The molecule has 0 saturated heterocycles. The Morgan fingerprint density at radius 2 is 1.68 bits per heavy atom. The number of benzene rings is 2. The quantitative estimate of drug-likeness (QED) is 0.491. The van der Waals surface area contributed by atoms with E-state index in [0.29, 0.717) is 18.4 Å². The van der Waals surface area contributed by atoms with Gasteiger partial charge in [-0.3, -0.25) is 0 Å². The van der Waals surface area contributed by atoms with Crippen LogP contribution in [-0.4, -0.2) is 17.1 Å². The van der Waals surface area contributed by atoms with Gasteiger partial charge in [0.1, 0.15) is 18.1 Å². The number of methoxy groups -OCH3 is 1. The molecule has 0 fully saturated rings. The minimum Gasteiger partial charge on any atom is -0.497 e. The van der Waals surface area contributed by atoms with Crippen molar-refractivity contribution in [1.82, 2.24) is 9.97 Å². The summed E-state index contributed by atoms with van der Waals surface area (Å²) in [6.45, 7) is 2.41. The van der Waals surface area contributed by atoms with Gasteiger partial charge in [-0.15, -0.1) is 0 Å². The van der Waals surface area contributed by atoms with Crippen LogP contribution >= 0.6 is 0 Å². The molecular weight excluding hydrogens is 352 g/mol. The van der Waals surface area contributed by atoms with Gasteiger partial charge < -0.3 is 13.9 Å². The van der Waals surface area contributed by atoms with Crippen LogP contribution < -0.4 is 9.47 Å². The van der Waals surface area contributed by atoms with Crippen molar-refractivity contribution in [3.05, 3.63) is 72.1 Å². The monoisotopic (exact) mass is 370 g/mol. The zero-order valence-corrected chi connectivity index (χ0v) is 15.6. The van der Waals surface area contributed by atoms with Gasteiger partial charge in [0.15, 0.2) is 5.76 Å². The number of nitrogens with zero attached hydrogens (tertiary/aromatic N) is 2. The van der Waals surface area contributed by atoms with Crippen LogP contribution in [0.5, 0.6) is 11.6 Å². The summed E-state index contributed by atoms with van der Waals surface area (Å²) in [6, 6.07) is 18.0. The molecule has 0 aliphatic carbocycles. The highest BCUT2D eigenvalue weighted by atomic mass is 16.5. The Hall–Kier alpha value is -3.60. The third kappa shape index (κ3) is 2.81. The van der Waals surface area contributed by atoms with Gasteiger partial charge in [0.2, 0.25) is 11.8 Å². The topological polar surface area (TPSA) is 57.4 Å². The largest absolute Gasteiger partial charge is 0.497 e. The summed E-state index contributed by atoms with van der Waals surface area (Å²) in [7, 11) is 1.66. The number of fused-ring (bicyclic) bond motifs is 3. The highest BCUT2D eigenvalue weighted by Gasteiger charge is 2.26. The fourth-order valence-corrected chi connectivity index (χ4v) is 3.29. The molecule has 28 heavy (non-hydrogen) atoms. The Morgan fingerprint density at radius 1 is 0.929 bits per heavy atom. The molecule has 1 aliphatic heterocycles. The molecule has 5 nitrogen and oxygen atoms in total. The van der Waals surface area contributed by atoms with Crippen LogP contribution in [0.2, 0.25) is 0 Å². The lowest BCUT2D eigenvalue weighted by atomic mass is 10.0. The number of ether oxygens (including phenoxy) is 2. The molecule has 138 valence electrons. The Kier molecular flexibility index (Phi) is 3.86. The summed E-state index contributed by atoms with van der Waals surface area (Å²) in [6.07, 6.45) is 1.81. The van der Waals surface area contributed by atoms with Gasteiger partial charge in [-0.25, -0.2) is 9.97 Å². The maximum absolute atomic E-state index is 6.13. The third-order valence-corrected chi connectivity index (χ3v) is 4.86. The second-order valence-corrected chi connectivity index (χ2v) is 6.75. The summed E-state index contributed by atoms with van der Waals surface area (Å²) in [4.78, 5) is 9.13. The molecule has 2 aromatic carbocycles. The van der Waals surface area contributed by atoms with Gasteiger partial charge in [-0.1, -0.05) is 29.8 Å². The van der Waals surface area contributed by atoms with Crippen LogP contribution in [-0.2, 0) is 6.61 Å². The molecule has 0 spiro atoms. The van der Waals surface area contributed by atoms with Gasteiger partial charge in [-0.2, -0.15) is 0 Å². The molecule has 0 radical (unpaired) electrons. The number of aromatic nitrogens is 2. The zero-order chi connectivity index (χ0) is 19.1. The first-order chi connectivity index (χ1) is 13.7. The molecule has 1 aliphatic rings. The van der Waals surface area contributed by atoms with Crippen molar-refractivity contribution in [2.45, 2.75) is 13.5 Å². The number of rotatable bonds is 3. The van der Waals surface area contributed by atoms with E-state index in [-0.39, 0.29) is 0 Å². The minimum absolute atomic E-state index is 0.354. The van der Waals surface area contributed by atoms with Gasteiger partial charge in [0.05, 0.1) is 12.7 Å². The third-order valence-electron chi connectivity index (χ3n) is 4.86. The van der Waals surface area contributed by atoms with Crippen molar-refractivity contribution in [3.8, 4) is 45.5 Å². The first-order valence-corrected chi connectivity index (χ1v) is 9.05. The van der Waals surface area contributed by atoms with E-state index in [0.717, 1.165) is 39.5 Å². The van der Waals surface area contributed by atoms with Gasteiger partial charge in [-0.05, 0) is 42.8 Å². The average Bonchev–Trinajstić information content (AvgIpc) is 3.19. The molecule has 4 aromatic rings. The van der Waals surface area contributed by atoms with E-state index >= 15 is 0 Å². The van der Waals surface area contributed by atoms with Crippen molar-refractivity contribution in [2.24, 2.45) is 0 Å². The fraction of sp³-hybridized carbons (Fsp3) is 0.130. The number of oxazole rings is 1. The van der Waals surface area contributed by atoms with E-state index in [1.807, 2.05) is 60.8 Å². The predicted octanol–water partition coefficient (Wildman–Crippen LogP) is 5.28. The Labute approximate surface area is 162 Å². The number of pyridine rings is 1. The smallest absolute Gasteiger partial charge is 0.227 e.